The number of hydrogen-bond donors (Lipinski definition) is 0. The predicted octanol–water partition coefficient (Wildman–Crippen LogP) is 2.76. The molecule has 0 bridgehead atoms. The Balaban J connectivity index is 2.24. The second kappa shape index (κ2) is 5.14. The molecular formula is C11H11ClFN3O. The van der Waals surface area contributed by atoms with Crippen LogP contribution in [-0.4, -0.2) is 23.1 Å². The van der Waals surface area contributed by atoms with Crippen LogP contribution in [0.5, 0.6) is 0 Å². The summed E-state index contributed by atoms with van der Waals surface area (Å²) in [5, 5.41) is 7.65. The fourth-order valence-corrected chi connectivity index (χ4v) is 1.55. The first kappa shape index (κ1) is 11.9. The van der Waals surface area contributed by atoms with Gasteiger partial charge in [0.1, 0.15) is 5.82 Å². The van der Waals surface area contributed by atoms with Gasteiger partial charge in [0.05, 0.1) is 5.69 Å². The monoisotopic (exact) mass is 255 g/mol. The molecule has 0 unspecified atom stereocenters. The fourth-order valence-electron chi connectivity index (χ4n) is 1.39. The van der Waals surface area contributed by atoms with E-state index in [0.29, 0.717) is 23.9 Å². The van der Waals surface area contributed by atoms with Crippen molar-refractivity contribution in [3.8, 4) is 0 Å². The average Bonchev–Trinajstić information content (AvgIpc) is 2.78. The van der Waals surface area contributed by atoms with Crippen molar-refractivity contribution >= 4 is 23.3 Å². The van der Waals surface area contributed by atoms with Gasteiger partial charge in [-0.2, -0.15) is 0 Å². The minimum atomic E-state index is -0.341. The summed E-state index contributed by atoms with van der Waals surface area (Å²) < 4.78 is 18.9. The third kappa shape index (κ3) is 2.55. The second-order valence-electron chi connectivity index (χ2n) is 3.43. The SMILES string of the molecule is CN(c1nnc(CCCl)o1)c1ccccc1F. The van der Waals surface area contributed by atoms with E-state index in [1.54, 1.807) is 25.2 Å². The first-order valence-corrected chi connectivity index (χ1v) is 5.62. The molecule has 1 heterocycles. The normalized spacial score (nSPS) is 10.5. The van der Waals surface area contributed by atoms with Crippen LogP contribution in [0.4, 0.5) is 16.1 Å². The molecule has 1 aromatic heterocycles. The van der Waals surface area contributed by atoms with Gasteiger partial charge < -0.3 is 4.42 Å². The summed E-state index contributed by atoms with van der Waals surface area (Å²) in [7, 11) is 1.66. The fraction of sp³-hybridized carbons (Fsp3) is 0.273. The Hall–Kier alpha value is -1.62. The molecule has 0 saturated heterocycles. The van der Waals surface area contributed by atoms with Crippen LogP contribution < -0.4 is 4.90 Å². The molecular weight excluding hydrogens is 245 g/mol. The topological polar surface area (TPSA) is 42.2 Å². The van der Waals surface area contributed by atoms with Gasteiger partial charge in [0.15, 0.2) is 0 Å². The lowest BCUT2D eigenvalue weighted by Gasteiger charge is -2.14. The summed E-state index contributed by atoms with van der Waals surface area (Å²) in [5.74, 6) is 0.510. The number of benzene rings is 1. The number of aryl methyl sites for hydroxylation is 1. The molecule has 0 radical (unpaired) electrons. The summed E-state index contributed by atoms with van der Waals surface area (Å²) in [5.41, 5.74) is 0.383. The molecule has 90 valence electrons. The van der Waals surface area contributed by atoms with Gasteiger partial charge in [-0.25, -0.2) is 4.39 Å². The zero-order chi connectivity index (χ0) is 12.3. The Morgan fingerprint density at radius 1 is 1.35 bits per heavy atom. The molecule has 0 fully saturated rings. The van der Waals surface area contributed by atoms with Crippen molar-refractivity contribution in [2.45, 2.75) is 6.42 Å². The van der Waals surface area contributed by atoms with E-state index in [-0.39, 0.29) is 11.8 Å². The van der Waals surface area contributed by atoms with Gasteiger partial charge in [0.25, 0.3) is 0 Å². The highest BCUT2D eigenvalue weighted by Gasteiger charge is 2.14. The Morgan fingerprint density at radius 3 is 2.82 bits per heavy atom. The lowest BCUT2D eigenvalue weighted by Crippen LogP contribution is -2.11. The molecule has 0 spiro atoms. The van der Waals surface area contributed by atoms with E-state index in [0.717, 1.165) is 0 Å². The molecule has 0 aliphatic rings. The van der Waals surface area contributed by atoms with E-state index in [1.165, 1.54) is 11.0 Å². The lowest BCUT2D eigenvalue weighted by atomic mass is 10.3. The first-order chi connectivity index (χ1) is 8.22. The summed E-state index contributed by atoms with van der Waals surface area (Å²) >= 11 is 5.57. The largest absolute Gasteiger partial charge is 0.408 e. The van der Waals surface area contributed by atoms with Crippen LogP contribution in [-0.2, 0) is 6.42 Å². The van der Waals surface area contributed by atoms with Gasteiger partial charge in [-0.15, -0.1) is 16.7 Å². The second-order valence-corrected chi connectivity index (χ2v) is 3.81. The average molecular weight is 256 g/mol. The van der Waals surface area contributed by atoms with E-state index in [1.807, 2.05) is 0 Å². The molecule has 0 saturated carbocycles. The number of aromatic nitrogens is 2. The minimum absolute atomic E-state index is 0.246. The van der Waals surface area contributed by atoms with Crippen LogP contribution in [0.2, 0.25) is 0 Å². The molecule has 6 heteroatoms. The molecule has 0 amide bonds. The van der Waals surface area contributed by atoms with E-state index in [9.17, 15) is 4.39 Å². The molecule has 4 nitrogen and oxygen atoms in total. The molecule has 0 N–H and O–H groups in total. The molecule has 0 aliphatic carbocycles. The third-order valence-electron chi connectivity index (χ3n) is 2.27. The molecule has 2 rings (SSSR count). The highest BCUT2D eigenvalue weighted by molar-refractivity contribution is 6.17. The Bertz CT molecular complexity index is 503. The zero-order valence-corrected chi connectivity index (χ0v) is 9.99. The van der Waals surface area contributed by atoms with Gasteiger partial charge in [-0.3, -0.25) is 4.90 Å². The van der Waals surface area contributed by atoms with Crippen molar-refractivity contribution in [1.82, 2.24) is 10.2 Å². The van der Waals surface area contributed by atoms with Crippen LogP contribution in [0.25, 0.3) is 0 Å². The lowest BCUT2D eigenvalue weighted by molar-refractivity contribution is 0.503. The highest BCUT2D eigenvalue weighted by Crippen LogP contribution is 2.24. The number of hydrogen-bond acceptors (Lipinski definition) is 4. The van der Waals surface area contributed by atoms with Crippen LogP contribution in [0.1, 0.15) is 5.89 Å². The van der Waals surface area contributed by atoms with Crippen molar-refractivity contribution in [2.75, 3.05) is 17.8 Å². The number of rotatable bonds is 4. The van der Waals surface area contributed by atoms with Crippen molar-refractivity contribution < 1.29 is 8.81 Å². The number of alkyl halides is 1. The van der Waals surface area contributed by atoms with Crippen LogP contribution in [0.15, 0.2) is 28.7 Å². The molecule has 0 aliphatic heterocycles. The maximum Gasteiger partial charge on any atom is 0.322 e. The molecule has 1 aromatic carbocycles. The predicted molar refractivity (Wildman–Crippen MR) is 63.2 cm³/mol. The summed E-state index contributed by atoms with van der Waals surface area (Å²) in [6.07, 6.45) is 0.500. The Morgan fingerprint density at radius 2 is 2.12 bits per heavy atom. The summed E-state index contributed by atoms with van der Waals surface area (Å²) in [6, 6.07) is 6.63. The number of para-hydroxylation sites is 1. The van der Waals surface area contributed by atoms with Crippen LogP contribution in [0, 0.1) is 5.82 Å². The van der Waals surface area contributed by atoms with E-state index in [2.05, 4.69) is 10.2 Å². The van der Waals surface area contributed by atoms with Crippen LogP contribution in [0.3, 0.4) is 0 Å². The minimum Gasteiger partial charge on any atom is -0.408 e. The number of anilines is 2. The number of halogens is 2. The zero-order valence-electron chi connectivity index (χ0n) is 9.23. The maximum absolute atomic E-state index is 13.5. The molecule has 0 atom stereocenters. The highest BCUT2D eigenvalue weighted by atomic mass is 35.5. The molecule has 2 aromatic rings. The van der Waals surface area contributed by atoms with Crippen molar-refractivity contribution in [2.24, 2.45) is 0 Å². The van der Waals surface area contributed by atoms with E-state index >= 15 is 0 Å². The van der Waals surface area contributed by atoms with Gasteiger partial charge in [0.2, 0.25) is 5.89 Å². The molecule has 17 heavy (non-hydrogen) atoms. The third-order valence-corrected chi connectivity index (χ3v) is 2.45. The first-order valence-electron chi connectivity index (χ1n) is 5.09. The smallest absolute Gasteiger partial charge is 0.322 e. The van der Waals surface area contributed by atoms with Gasteiger partial charge >= 0.3 is 6.01 Å². The van der Waals surface area contributed by atoms with E-state index < -0.39 is 0 Å². The van der Waals surface area contributed by atoms with Crippen molar-refractivity contribution in [3.05, 3.63) is 36.0 Å². The standard InChI is InChI=1S/C11H11ClFN3O/c1-16(9-5-3-2-4-8(9)13)11-15-14-10(17-11)6-7-12/h2-5H,6-7H2,1H3. The van der Waals surface area contributed by atoms with Crippen LogP contribution >= 0.6 is 11.6 Å². The van der Waals surface area contributed by atoms with E-state index in [4.69, 9.17) is 16.0 Å². The van der Waals surface area contributed by atoms with Gasteiger partial charge in [0, 0.05) is 19.3 Å². The van der Waals surface area contributed by atoms with Gasteiger partial charge in [-0.1, -0.05) is 17.2 Å². The Kier molecular flexibility index (Phi) is 3.58. The number of nitrogens with zero attached hydrogens (tertiary/aromatic N) is 3. The Labute approximate surface area is 103 Å². The summed E-state index contributed by atoms with van der Waals surface area (Å²) in [6.45, 7) is 0. The van der Waals surface area contributed by atoms with Crippen molar-refractivity contribution in [1.29, 1.82) is 0 Å². The van der Waals surface area contributed by atoms with Gasteiger partial charge in [-0.05, 0) is 12.1 Å². The quantitative estimate of drug-likeness (QED) is 0.788. The summed E-state index contributed by atoms with van der Waals surface area (Å²) in [4.78, 5) is 1.50. The van der Waals surface area contributed by atoms with Crippen molar-refractivity contribution in [3.63, 3.8) is 0 Å². The maximum atomic E-state index is 13.5.